The molecule has 0 radical (unpaired) electrons. The van der Waals surface area contributed by atoms with E-state index in [2.05, 4.69) is 15.8 Å². The van der Waals surface area contributed by atoms with Crippen molar-refractivity contribution >= 4 is 35.1 Å². The molecule has 1 aromatic heterocycles. The third kappa shape index (κ3) is 3.55. The molecular weight excluding hydrogens is 301 g/mol. The van der Waals surface area contributed by atoms with E-state index in [4.69, 9.17) is 28.2 Å². The van der Waals surface area contributed by atoms with Crippen LogP contribution in [-0.4, -0.2) is 18.4 Å². The smallest absolute Gasteiger partial charge is 0.186 e. The number of furan rings is 1. The van der Waals surface area contributed by atoms with Gasteiger partial charge in [-0.2, -0.15) is 5.10 Å². The van der Waals surface area contributed by atoms with E-state index in [-0.39, 0.29) is 5.02 Å². The van der Waals surface area contributed by atoms with E-state index in [0.29, 0.717) is 22.2 Å². The second-order valence-corrected chi connectivity index (χ2v) is 4.60. The highest BCUT2D eigenvalue weighted by Gasteiger charge is 2.06. The number of halogens is 2. The predicted molar refractivity (Wildman–Crippen MR) is 81.5 cm³/mol. The number of hydrogen-bond donors (Lipinski definition) is 2. The standard InChI is InChI=1S/C13H11ClFN3OS/c1-16-13(20)18-17-7-9-3-5-12(19-9)8-2-4-11(15)10(14)6-8/h2-7H,1H3,(H2,16,18,20)/b17-7-. The van der Waals surface area contributed by atoms with Gasteiger partial charge in [-0.15, -0.1) is 0 Å². The maximum Gasteiger partial charge on any atom is 0.186 e. The van der Waals surface area contributed by atoms with Crippen molar-refractivity contribution in [1.29, 1.82) is 0 Å². The van der Waals surface area contributed by atoms with Gasteiger partial charge in [-0.25, -0.2) is 4.39 Å². The minimum absolute atomic E-state index is 0.0511. The van der Waals surface area contributed by atoms with Crippen molar-refractivity contribution in [3.63, 3.8) is 0 Å². The van der Waals surface area contributed by atoms with Crippen molar-refractivity contribution in [3.05, 3.63) is 46.9 Å². The van der Waals surface area contributed by atoms with Crippen LogP contribution < -0.4 is 10.7 Å². The lowest BCUT2D eigenvalue weighted by molar-refractivity contribution is 0.574. The van der Waals surface area contributed by atoms with Gasteiger partial charge >= 0.3 is 0 Å². The largest absolute Gasteiger partial charge is 0.455 e. The van der Waals surface area contributed by atoms with Crippen LogP contribution in [0.3, 0.4) is 0 Å². The summed E-state index contributed by atoms with van der Waals surface area (Å²) in [5, 5.41) is 7.06. The van der Waals surface area contributed by atoms with Gasteiger partial charge in [0, 0.05) is 12.6 Å². The molecule has 0 fully saturated rings. The molecule has 2 N–H and O–H groups in total. The van der Waals surface area contributed by atoms with Gasteiger partial charge in [-0.05, 0) is 42.5 Å². The van der Waals surface area contributed by atoms with E-state index in [1.165, 1.54) is 18.3 Å². The average molecular weight is 312 g/mol. The lowest BCUT2D eigenvalue weighted by atomic mass is 10.2. The first-order chi connectivity index (χ1) is 9.60. The van der Waals surface area contributed by atoms with Crippen LogP contribution in [-0.2, 0) is 0 Å². The molecule has 7 heteroatoms. The van der Waals surface area contributed by atoms with Crippen molar-refractivity contribution in [2.75, 3.05) is 7.05 Å². The molecule has 1 aromatic carbocycles. The Bertz CT molecular complexity index is 657. The minimum Gasteiger partial charge on any atom is -0.455 e. The Labute approximate surface area is 125 Å². The molecule has 2 rings (SSSR count). The Kier molecular flexibility index (Phi) is 4.70. The van der Waals surface area contributed by atoms with Crippen molar-refractivity contribution in [3.8, 4) is 11.3 Å². The lowest BCUT2D eigenvalue weighted by Crippen LogP contribution is -2.28. The Hall–Kier alpha value is -1.92. The van der Waals surface area contributed by atoms with Crippen LogP contribution in [0.2, 0.25) is 5.02 Å². The maximum absolute atomic E-state index is 13.1. The number of benzene rings is 1. The van der Waals surface area contributed by atoms with Crippen molar-refractivity contribution in [1.82, 2.24) is 10.7 Å². The zero-order valence-electron chi connectivity index (χ0n) is 10.5. The predicted octanol–water partition coefficient (Wildman–Crippen LogP) is 3.17. The first kappa shape index (κ1) is 14.5. The van der Waals surface area contributed by atoms with E-state index in [1.54, 1.807) is 25.2 Å². The molecule has 2 aromatic rings. The first-order valence-corrected chi connectivity index (χ1v) is 6.45. The van der Waals surface area contributed by atoms with Gasteiger partial charge in [0.1, 0.15) is 17.3 Å². The van der Waals surface area contributed by atoms with E-state index < -0.39 is 5.82 Å². The van der Waals surface area contributed by atoms with Gasteiger partial charge in [0.15, 0.2) is 5.11 Å². The third-order valence-electron chi connectivity index (χ3n) is 2.42. The quantitative estimate of drug-likeness (QED) is 0.519. The summed E-state index contributed by atoms with van der Waals surface area (Å²) in [5.74, 6) is 0.643. The molecule has 0 saturated carbocycles. The number of hydrazone groups is 1. The van der Waals surface area contributed by atoms with E-state index in [0.717, 1.165) is 0 Å². The molecule has 0 amide bonds. The number of nitrogens with zero attached hydrogens (tertiary/aromatic N) is 1. The molecule has 0 aliphatic carbocycles. The summed E-state index contributed by atoms with van der Waals surface area (Å²) in [7, 11) is 1.69. The van der Waals surface area contributed by atoms with Crippen LogP contribution in [0, 0.1) is 5.82 Å². The van der Waals surface area contributed by atoms with Crippen molar-refractivity contribution < 1.29 is 8.81 Å². The second-order valence-electron chi connectivity index (χ2n) is 3.78. The highest BCUT2D eigenvalue weighted by molar-refractivity contribution is 7.80. The van der Waals surface area contributed by atoms with Gasteiger partial charge in [-0.1, -0.05) is 11.6 Å². The van der Waals surface area contributed by atoms with Gasteiger partial charge < -0.3 is 9.73 Å². The van der Waals surface area contributed by atoms with E-state index in [1.807, 2.05) is 0 Å². The molecule has 0 unspecified atom stereocenters. The summed E-state index contributed by atoms with van der Waals surface area (Å²) in [6.45, 7) is 0. The first-order valence-electron chi connectivity index (χ1n) is 5.66. The lowest BCUT2D eigenvalue weighted by Gasteiger charge is -1.99. The molecule has 0 bridgehead atoms. The molecular formula is C13H11ClFN3OS. The molecule has 0 saturated heterocycles. The molecule has 104 valence electrons. The van der Waals surface area contributed by atoms with Gasteiger partial charge in [-0.3, -0.25) is 5.43 Å². The van der Waals surface area contributed by atoms with Gasteiger partial charge in [0.25, 0.3) is 0 Å². The number of hydrogen-bond acceptors (Lipinski definition) is 3. The maximum atomic E-state index is 13.1. The van der Waals surface area contributed by atoms with Crippen LogP contribution >= 0.6 is 23.8 Å². The number of nitrogens with one attached hydrogen (secondary N) is 2. The third-order valence-corrected chi connectivity index (χ3v) is 3.00. The highest BCUT2D eigenvalue weighted by atomic mass is 35.5. The minimum atomic E-state index is -0.464. The fourth-order valence-electron chi connectivity index (χ4n) is 1.44. The van der Waals surface area contributed by atoms with Crippen molar-refractivity contribution in [2.45, 2.75) is 0 Å². The Balaban J connectivity index is 2.12. The average Bonchev–Trinajstić information content (AvgIpc) is 2.90. The summed E-state index contributed by atoms with van der Waals surface area (Å²) >= 11 is 10.6. The fourth-order valence-corrected chi connectivity index (χ4v) is 1.67. The van der Waals surface area contributed by atoms with Crippen LogP contribution in [0.25, 0.3) is 11.3 Å². The summed E-state index contributed by atoms with van der Waals surface area (Å²) < 4.78 is 18.6. The Morgan fingerprint density at radius 1 is 1.40 bits per heavy atom. The summed E-state index contributed by atoms with van der Waals surface area (Å²) in [5.41, 5.74) is 3.30. The summed E-state index contributed by atoms with van der Waals surface area (Å²) in [6.07, 6.45) is 1.48. The van der Waals surface area contributed by atoms with Crippen LogP contribution in [0.1, 0.15) is 5.76 Å². The van der Waals surface area contributed by atoms with Crippen LogP contribution in [0.5, 0.6) is 0 Å². The summed E-state index contributed by atoms with van der Waals surface area (Å²) in [4.78, 5) is 0. The Morgan fingerprint density at radius 2 is 2.20 bits per heavy atom. The number of thiocarbonyl (C=S) groups is 1. The number of rotatable bonds is 3. The molecule has 20 heavy (non-hydrogen) atoms. The van der Waals surface area contributed by atoms with E-state index in [9.17, 15) is 4.39 Å². The molecule has 0 spiro atoms. The highest BCUT2D eigenvalue weighted by Crippen LogP contribution is 2.26. The zero-order valence-corrected chi connectivity index (χ0v) is 12.1. The molecule has 0 atom stereocenters. The fraction of sp³-hybridized carbons (Fsp3) is 0.0769. The molecule has 1 heterocycles. The van der Waals surface area contributed by atoms with E-state index >= 15 is 0 Å². The van der Waals surface area contributed by atoms with Crippen molar-refractivity contribution in [2.24, 2.45) is 5.10 Å². The van der Waals surface area contributed by atoms with Gasteiger partial charge in [0.05, 0.1) is 11.2 Å². The second kappa shape index (κ2) is 6.49. The normalized spacial score (nSPS) is 10.8. The van der Waals surface area contributed by atoms with Crippen LogP contribution in [0.15, 0.2) is 39.9 Å². The Morgan fingerprint density at radius 3 is 2.90 bits per heavy atom. The molecule has 4 nitrogen and oxygen atoms in total. The topological polar surface area (TPSA) is 49.6 Å². The summed E-state index contributed by atoms with van der Waals surface area (Å²) in [6, 6.07) is 7.88. The molecule has 0 aliphatic rings. The SMILES string of the molecule is CNC(=S)N/N=C\c1ccc(-c2ccc(F)c(Cl)c2)o1. The zero-order chi connectivity index (χ0) is 14.5. The van der Waals surface area contributed by atoms with Gasteiger partial charge in [0.2, 0.25) is 0 Å². The monoisotopic (exact) mass is 311 g/mol. The molecule has 0 aliphatic heterocycles. The van der Waals surface area contributed by atoms with Crippen LogP contribution in [0.4, 0.5) is 4.39 Å².